The van der Waals surface area contributed by atoms with Gasteiger partial charge in [-0.1, -0.05) is 0 Å². The number of allylic oxidation sites excluding steroid dienone is 1. The van der Waals surface area contributed by atoms with Gasteiger partial charge in [0.05, 0.1) is 0 Å². The molecule has 0 saturated heterocycles. The summed E-state index contributed by atoms with van der Waals surface area (Å²) in [5, 5.41) is 0.958. The van der Waals surface area contributed by atoms with Crippen molar-refractivity contribution in [1.29, 1.82) is 0 Å². The van der Waals surface area contributed by atoms with Crippen molar-refractivity contribution in [2.75, 3.05) is 0 Å². The van der Waals surface area contributed by atoms with Gasteiger partial charge < -0.3 is 0 Å². The van der Waals surface area contributed by atoms with Gasteiger partial charge in [-0.3, -0.25) is 0 Å². The number of rotatable bonds is 1. The van der Waals surface area contributed by atoms with Gasteiger partial charge in [0.25, 0.3) is 0 Å². The third-order valence-electron chi connectivity index (χ3n) is 0.118. The fourth-order valence-corrected chi connectivity index (χ4v) is 0. The first-order chi connectivity index (χ1) is 1.91. The summed E-state index contributed by atoms with van der Waals surface area (Å²) in [6.07, 6.45) is 1.82. The molecule has 0 saturated carbocycles. The Morgan fingerprint density at radius 1 is 2.00 bits per heavy atom. The van der Waals surface area contributed by atoms with Gasteiger partial charge in [0.2, 0.25) is 0 Å². The van der Waals surface area contributed by atoms with Crippen molar-refractivity contribution in [1.82, 2.24) is 0 Å². The van der Waals surface area contributed by atoms with Crippen LogP contribution < -0.4 is 0 Å². The predicted octanol–water partition coefficient (Wildman–Crippen LogP) is 0.759. The van der Waals surface area contributed by atoms with E-state index < -0.39 is 0 Å². The van der Waals surface area contributed by atoms with Gasteiger partial charge in [-0.05, 0) is 0 Å². The molecule has 23 valence electrons. The molecule has 4 heavy (non-hydrogen) atoms. The molecule has 0 aromatic carbocycles. The molecule has 0 heterocycles. The number of hydrogen-bond acceptors (Lipinski definition) is 0. The summed E-state index contributed by atoms with van der Waals surface area (Å²) in [5.41, 5.74) is 0. The second kappa shape index (κ2) is 3.26. The molecule has 0 nitrogen and oxygen atoms in total. The van der Waals surface area contributed by atoms with Crippen molar-refractivity contribution in [2.45, 2.75) is 5.32 Å². The zero-order chi connectivity index (χ0) is 3.41. The van der Waals surface area contributed by atoms with E-state index in [1.807, 2.05) is 6.08 Å². The summed E-state index contributed by atoms with van der Waals surface area (Å²) in [5.74, 6) is 0. The maximum atomic E-state index is 3.45. The summed E-state index contributed by atoms with van der Waals surface area (Å²) < 4.78 is 0. The van der Waals surface area contributed by atoms with E-state index in [9.17, 15) is 0 Å². The zero-order valence-electron chi connectivity index (χ0n) is 2.40. The molecule has 0 amide bonds. The van der Waals surface area contributed by atoms with Gasteiger partial charge in [0, 0.05) is 0 Å². The van der Waals surface area contributed by atoms with Crippen molar-refractivity contribution in [3.05, 3.63) is 12.7 Å². The molecule has 0 bridgehead atoms. The molecule has 1 heteroatoms. The van der Waals surface area contributed by atoms with Gasteiger partial charge in [-0.25, -0.2) is 0 Å². The van der Waals surface area contributed by atoms with Crippen molar-refractivity contribution >= 4 is 16.0 Å². The van der Waals surface area contributed by atoms with Crippen LogP contribution in [-0.2, 0) is 0 Å². The summed E-state index contributed by atoms with van der Waals surface area (Å²) in [6, 6.07) is 0. The molecule has 0 fully saturated rings. The minimum atomic E-state index is 0.958. The van der Waals surface area contributed by atoms with Crippen LogP contribution in [0, 0.1) is 0 Å². The van der Waals surface area contributed by atoms with E-state index in [1.165, 1.54) is 0 Å². The summed E-state index contributed by atoms with van der Waals surface area (Å²) in [6.45, 7) is 3.45. The summed E-state index contributed by atoms with van der Waals surface area (Å²) >= 11 is 2.77. The molecule has 0 aromatic heterocycles. The van der Waals surface area contributed by atoms with Gasteiger partial charge in [0.15, 0.2) is 0 Å². The van der Waals surface area contributed by atoms with Gasteiger partial charge in [0.1, 0.15) is 0 Å². The Morgan fingerprint density at radius 2 is 2.25 bits per heavy atom. The van der Waals surface area contributed by atoms with E-state index in [1.54, 1.807) is 0 Å². The predicted molar refractivity (Wildman–Crippen MR) is 20.8 cm³/mol. The maximum absolute atomic E-state index is 3.45. The molecular formula is C3H5Se. The second-order valence-corrected chi connectivity index (χ2v) is 1.15. The zero-order valence-corrected chi connectivity index (χ0v) is 4.11. The Morgan fingerprint density at radius 3 is 2.25 bits per heavy atom. The van der Waals surface area contributed by atoms with Crippen LogP contribution in [0.5, 0.6) is 0 Å². The molecule has 0 aliphatic rings. The first kappa shape index (κ1) is 4.26. The van der Waals surface area contributed by atoms with Crippen molar-refractivity contribution in [3.63, 3.8) is 0 Å². The number of hydrogen-bond donors (Lipinski definition) is 0. The Bertz CT molecular complexity index is 17.2. The molecule has 0 aromatic rings. The Kier molecular flexibility index (Phi) is 3.47. The molecule has 0 spiro atoms. The van der Waals surface area contributed by atoms with E-state index in [0.717, 1.165) is 5.32 Å². The molecule has 1 radical (unpaired) electrons. The van der Waals surface area contributed by atoms with Crippen LogP contribution in [0.4, 0.5) is 0 Å². The minimum absolute atomic E-state index is 0.958. The van der Waals surface area contributed by atoms with E-state index in [0.29, 0.717) is 0 Å². The first-order valence-corrected chi connectivity index (χ1v) is 2.32. The van der Waals surface area contributed by atoms with Crippen LogP contribution in [0.2, 0.25) is 5.32 Å². The van der Waals surface area contributed by atoms with E-state index in [-0.39, 0.29) is 0 Å². The molecule has 0 unspecified atom stereocenters. The molecule has 0 aliphatic carbocycles. The second-order valence-electron chi connectivity index (χ2n) is 0.455. The van der Waals surface area contributed by atoms with Crippen LogP contribution in [0.15, 0.2) is 12.7 Å². The van der Waals surface area contributed by atoms with Crippen molar-refractivity contribution in [2.24, 2.45) is 0 Å². The first-order valence-electron chi connectivity index (χ1n) is 1.11. The van der Waals surface area contributed by atoms with Crippen LogP contribution in [-0.4, -0.2) is 16.0 Å². The van der Waals surface area contributed by atoms with E-state index >= 15 is 0 Å². The van der Waals surface area contributed by atoms with Crippen molar-refractivity contribution in [3.8, 4) is 0 Å². The van der Waals surface area contributed by atoms with Gasteiger partial charge in [-0.2, -0.15) is 0 Å². The third kappa shape index (κ3) is 2.26. The Hall–Kier alpha value is 0.259. The van der Waals surface area contributed by atoms with Gasteiger partial charge >= 0.3 is 34.0 Å². The van der Waals surface area contributed by atoms with Gasteiger partial charge in [-0.15, -0.1) is 0 Å². The molecular weight excluding hydrogens is 115 g/mol. The summed E-state index contributed by atoms with van der Waals surface area (Å²) in [7, 11) is 0. The van der Waals surface area contributed by atoms with Crippen LogP contribution in [0.1, 0.15) is 0 Å². The van der Waals surface area contributed by atoms with Crippen molar-refractivity contribution < 1.29 is 0 Å². The van der Waals surface area contributed by atoms with Crippen LogP contribution >= 0.6 is 0 Å². The third-order valence-corrected chi connectivity index (χ3v) is 0.612. The monoisotopic (exact) mass is 121 g/mol. The van der Waals surface area contributed by atoms with Crippen LogP contribution in [0.3, 0.4) is 0 Å². The topological polar surface area (TPSA) is 0 Å². The molecule has 0 atom stereocenters. The quantitative estimate of drug-likeness (QED) is 0.354. The summed E-state index contributed by atoms with van der Waals surface area (Å²) in [4.78, 5) is 0. The SMILES string of the molecule is C=CC[Se]. The van der Waals surface area contributed by atoms with E-state index in [2.05, 4.69) is 22.6 Å². The fraction of sp³-hybridized carbons (Fsp3) is 0.333. The molecule has 0 rings (SSSR count). The normalized spacial score (nSPS) is 6.25. The van der Waals surface area contributed by atoms with Crippen LogP contribution in [0.25, 0.3) is 0 Å². The molecule has 0 aliphatic heterocycles. The standard InChI is InChI=1S/C3H5Se/c1-2-3-4/h2H,1,3H2. The average Bonchev–Trinajstić information content (AvgIpc) is 1.37. The Labute approximate surface area is 34.7 Å². The van der Waals surface area contributed by atoms with E-state index in [4.69, 9.17) is 0 Å². The average molecular weight is 120 g/mol. The fourth-order valence-electron chi connectivity index (χ4n) is 0. The molecule has 0 N–H and O–H groups in total. The Balaban J connectivity index is 2.30.